The normalized spacial score (nSPS) is 23.1. The molecule has 0 atom stereocenters. The van der Waals surface area contributed by atoms with Crippen LogP contribution in [0.3, 0.4) is 0 Å². The summed E-state index contributed by atoms with van der Waals surface area (Å²) in [5.41, 5.74) is 0.0837. The molecule has 0 aromatic heterocycles. The van der Waals surface area contributed by atoms with Crippen molar-refractivity contribution in [2.24, 2.45) is 5.92 Å². The van der Waals surface area contributed by atoms with Crippen LogP contribution in [0.2, 0.25) is 0 Å². The molecule has 0 bridgehead atoms. The Bertz CT molecular complexity index is 461. The van der Waals surface area contributed by atoms with Gasteiger partial charge in [0.25, 0.3) is 5.91 Å². The van der Waals surface area contributed by atoms with Crippen molar-refractivity contribution >= 4 is 33.4 Å². The van der Waals surface area contributed by atoms with Crippen LogP contribution < -0.4 is 5.32 Å². The Hall–Kier alpha value is -0.610. The number of hydrogen-bond donors (Lipinski definition) is 1. The predicted octanol–water partition coefficient (Wildman–Crippen LogP) is 4.12. The first kappa shape index (κ1) is 14.8. The van der Waals surface area contributed by atoms with E-state index in [0.29, 0.717) is 16.9 Å². The zero-order chi connectivity index (χ0) is 13.8. The van der Waals surface area contributed by atoms with E-state index in [1.807, 2.05) is 0 Å². The molecule has 0 aliphatic heterocycles. The van der Waals surface area contributed by atoms with Crippen LogP contribution >= 0.6 is 27.5 Å². The third-order valence-electron chi connectivity index (χ3n) is 3.50. The van der Waals surface area contributed by atoms with Crippen LogP contribution in [0.25, 0.3) is 0 Å². The minimum Gasteiger partial charge on any atom is -0.352 e. The lowest BCUT2D eigenvalue weighted by atomic mass is 9.89. The summed E-state index contributed by atoms with van der Waals surface area (Å²) in [5.74, 6) is -0.397. The number of benzene rings is 1. The molecule has 0 unspecified atom stereocenters. The van der Waals surface area contributed by atoms with Crippen molar-refractivity contribution in [3.8, 4) is 0 Å². The summed E-state index contributed by atoms with van der Waals surface area (Å²) in [5, 5.41) is 3.08. The van der Waals surface area contributed by atoms with Crippen molar-refractivity contribution in [3.05, 3.63) is 34.1 Å². The van der Waals surface area contributed by atoms with Crippen LogP contribution in [-0.2, 0) is 0 Å². The Morgan fingerprint density at radius 1 is 1.37 bits per heavy atom. The molecule has 1 amide bonds. The lowest BCUT2D eigenvalue weighted by Crippen LogP contribution is -2.31. The smallest absolute Gasteiger partial charge is 0.254 e. The van der Waals surface area contributed by atoms with Gasteiger partial charge in [0.1, 0.15) is 5.82 Å². The van der Waals surface area contributed by atoms with Crippen molar-refractivity contribution in [2.75, 3.05) is 6.54 Å². The van der Waals surface area contributed by atoms with E-state index in [9.17, 15) is 9.18 Å². The zero-order valence-corrected chi connectivity index (χ0v) is 12.8. The van der Waals surface area contributed by atoms with Crippen LogP contribution in [-0.4, -0.2) is 17.8 Å². The maximum absolute atomic E-state index is 13.5. The molecule has 5 heteroatoms. The Kier molecular flexibility index (Phi) is 5.22. The molecule has 1 saturated carbocycles. The maximum atomic E-state index is 13.5. The molecule has 2 rings (SSSR count). The number of nitrogens with one attached hydrogen (secondary N) is 1. The van der Waals surface area contributed by atoms with Crippen LogP contribution in [0.5, 0.6) is 0 Å². The minimum atomic E-state index is -0.495. The van der Waals surface area contributed by atoms with Crippen molar-refractivity contribution in [1.29, 1.82) is 0 Å². The molecular weight excluding hydrogens is 333 g/mol. The minimum absolute atomic E-state index is 0.0837. The Morgan fingerprint density at radius 2 is 2.05 bits per heavy atom. The summed E-state index contributed by atoms with van der Waals surface area (Å²) in [7, 11) is 0. The number of carbonyl (C=O) groups excluding carboxylic acids is 1. The van der Waals surface area contributed by atoms with E-state index in [-0.39, 0.29) is 16.8 Å². The van der Waals surface area contributed by atoms with Crippen molar-refractivity contribution in [3.63, 3.8) is 0 Å². The molecule has 0 radical (unpaired) electrons. The SMILES string of the molecule is O=C(NCC1CCC(Cl)CC1)c1cc(Br)ccc1F. The molecule has 104 valence electrons. The van der Waals surface area contributed by atoms with Gasteiger partial charge in [0.2, 0.25) is 0 Å². The van der Waals surface area contributed by atoms with E-state index < -0.39 is 5.82 Å². The van der Waals surface area contributed by atoms with E-state index >= 15 is 0 Å². The molecule has 1 aliphatic rings. The Labute approximate surface area is 125 Å². The lowest BCUT2D eigenvalue weighted by molar-refractivity contribution is 0.0939. The van der Waals surface area contributed by atoms with Crippen LogP contribution in [0.1, 0.15) is 36.0 Å². The number of halogens is 3. The summed E-state index contributed by atoms with van der Waals surface area (Å²) in [6.07, 6.45) is 4.03. The molecule has 0 heterocycles. The highest BCUT2D eigenvalue weighted by Crippen LogP contribution is 2.27. The zero-order valence-electron chi connectivity index (χ0n) is 10.5. The number of amides is 1. The first-order chi connectivity index (χ1) is 9.06. The van der Waals surface area contributed by atoms with Crippen molar-refractivity contribution < 1.29 is 9.18 Å². The second-order valence-electron chi connectivity index (χ2n) is 4.95. The van der Waals surface area contributed by atoms with Gasteiger partial charge in [-0.05, 0) is 49.8 Å². The summed E-state index contributed by atoms with van der Waals surface area (Å²) in [4.78, 5) is 11.9. The molecule has 1 aliphatic carbocycles. The van der Waals surface area contributed by atoms with Crippen LogP contribution in [0.15, 0.2) is 22.7 Å². The summed E-state index contributed by atoms with van der Waals surface area (Å²) in [6.45, 7) is 0.592. The third-order valence-corrected chi connectivity index (χ3v) is 4.43. The van der Waals surface area contributed by atoms with E-state index in [2.05, 4.69) is 21.2 Å². The number of rotatable bonds is 3. The van der Waals surface area contributed by atoms with Crippen LogP contribution in [0.4, 0.5) is 4.39 Å². The molecular formula is C14H16BrClFNO. The van der Waals surface area contributed by atoms with Gasteiger partial charge in [-0.15, -0.1) is 11.6 Å². The molecule has 0 spiro atoms. The highest BCUT2D eigenvalue weighted by molar-refractivity contribution is 9.10. The van der Waals surface area contributed by atoms with E-state index in [1.165, 1.54) is 12.1 Å². The Morgan fingerprint density at radius 3 is 2.74 bits per heavy atom. The fourth-order valence-electron chi connectivity index (χ4n) is 2.33. The first-order valence-corrected chi connectivity index (χ1v) is 7.66. The van der Waals surface area contributed by atoms with Gasteiger partial charge in [-0.3, -0.25) is 4.79 Å². The van der Waals surface area contributed by atoms with Gasteiger partial charge in [0, 0.05) is 16.4 Å². The predicted molar refractivity (Wildman–Crippen MR) is 78.0 cm³/mol. The first-order valence-electron chi connectivity index (χ1n) is 6.43. The maximum Gasteiger partial charge on any atom is 0.254 e. The highest BCUT2D eigenvalue weighted by atomic mass is 79.9. The molecule has 19 heavy (non-hydrogen) atoms. The molecule has 1 N–H and O–H groups in total. The summed E-state index contributed by atoms with van der Waals surface area (Å²) >= 11 is 9.27. The number of hydrogen-bond acceptors (Lipinski definition) is 1. The fourth-order valence-corrected chi connectivity index (χ4v) is 2.94. The van der Waals surface area contributed by atoms with Gasteiger partial charge < -0.3 is 5.32 Å². The highest BCUT2D eigenvalue weighted by Gasteiger charge is 2.20. The number of carbonyl (C=O) groups is 1. The second-order valence-corrected chi connectivity index (χ2v) is 6.49. The second kappa shape index (κ2) is 6.71. The molecule has 1 fully saturated rings. The monoisotopic (exact) mass is 347 g/mol. The fraction of sp³-hybridized carbons (Fsp3) is 0.500. The summed E-state index contributed by atoms with van der Waals surface area (Å²) in [6, 6.07) is 4.37. The van der Waals surface area contributed by atoms with Crippen molar-refractivity contribution in [2.45, 2.75) is 31.1 Å². The lowest BCUT2D eigenvalue weighted by Gasteiger charge is -2.25. The summed E-state index contributed by atoms with van der Waals surface area (Å²) < 4.78 is 14.2. The molecule has 0 saturated heterocycles. The Balaban J connectivity index is 1.89. The standard InChI is InChI=1S/C14H16BrClFNO/c15-10-3-6-13(17)12(7-10)14(19)18-8-9-1-4-11(16)5-2-9/h3,6-7,9,11H,1-2,4-5,8H2,(H,18,19). The van der Waals surface area contributed by atoms with Gasteiger partial charge in [0.15, 0.2) is 0 Å². The average Bonchev–Trinajstić information content (AvgIpc) is 2.40. The van der Waals surface area contributed by atoms with Gasteiger partial charge in [-0.25, -0.2) is 4.39 Å². The molecule has 1 aromatic carbocycles. The topological polar surface area (TPSA) is 29.1 Å². The van der Waals surface area contributed by atoms with Crippen molar-refractivity contribution in [1.82, 2.24) is 5.32 Å². The van der Waals surface area contributed by atoms with E-state index in [0.717, 1.165) is 25.7 Å². The molecule has 1 aromatic rings. The largest absolute Gasteiger partial charge is 0.352 e. The number of alkyl halides is 1. The van der Waals surface area contributed by atoms with Gasteiger partial charge in [-0.1, -0.05) is 15.9 Å². The third kappa shape index (κ3) is 4.18. The van der Waals surface area contributed by atoms with Crippen LogP contribution in [0, 0.1) is 11.7 Å². The van der Waals surface area contributed by atoms with E-state index in [1.54, 1.807) is 6.07 Å². The average molecular weight is 349 g/mol. The quantitative estimate of drug-likeness (QED) is 0.818. The van der Waals surface area contributed by atoms with Gasteiger partial charge >= 0.3 is 0 Å². The van der Waals surface area contributed by atoms with E-state index in [4.69, 9.17) is 11.6 Å². The molecule has 2 nitrogen and oxygen atoms in total. The van der Waals surface area contributed by atoms with Gasteiger partial charge in [-0.2, -0.15) is 0 Å². The van der Waals surface area contributed by atoms with Gasteiger partial charge in [0.05, 0.1) is 5.56 Å².